The number of benzene rings is 2. The second-order valence-corrected chi connectivity index (χ2v) is 7.27. The SMILES string of the molecule is COC(=O)Cn1c(=NC(=O)c2ccccc2[N+](=O)[O-])sc2cc(Br)ccc21. The number of methoxy groups -OCH3 is 1. The molecule has 0 radical (unpaired) electrons. The molecule has 0 unspecified atom stereocenters. The van der Waals surface area contributed by atoms with Crippen LogP contribution in [-0.2, 0) is 16.1 Å². The maximum absolute atomic E-state index is 12.6. The van der Waals surface area contributed by atoms with Gasteiger partial charge in [-0.05, 0) is 24.3 Å². The Morgan fingerprint density at radius 1 is 1.30 bits per heavy atom. The number of hydrogen-bond acceptors (Lipinski definition) is 6. The van der Waals surface area contributed by atoms with E-state index < -0.39 is 16.8 Å². The van der Waals surface area contributed by atoms with Crippen LogP contribution in [0.2, 0.25) is 0 Å². The van der Waals surface area contributed by atoms with Crippen LogP contribution in [-0.4, -0.2) is 28.5 Å². The Morgan fingerprint density at radius 2 is 2.04 bits per heavy atom. The topological polar surface area (TPSA) is 104 Å². The highest BCUT2D eigenvalue weighted by atomic mass is 79.9. The van der Waals surface area contributed by atoms with Crippen molar-refractivity contribution in [2.45, 2.75) is 6.54 Å². The van der Waals surface area contributed by atoms with E-state index in [2.05, 4.69) is 20.9 Å². The third kappa shape index (κ3) is 3.96. The molecular formula is C17H12BrN3O5S. The molecule has 0 bridgehead atoms. The Hall–Kier alpha value is -2.85. The van der Waals surface area contributed by atoms with E-state index in [1.807, 2.05) is 6.07 Å². The summed E-state index contributed by atoms with van der Waals surface area (Å²) in [7, 11) is 1.27. The van der Waals surface area contributed by atoms with Gasteiger partial charge in [-0.1, -0.05) is 39.4 Å². The van der Waals surface area contributed by atoms with E-state index in [4.69, 9.17) is 4.74 Å². The zero-order valence-corrected chi connectivity index (χ0v) is 16.3. The Labute approximate surface area is 165 Å². The van der Waals surface area contributed by atoms with Crippen LogP contribution in [0.3, 0.4) is 0 Å². The number of nitrogens with zero attached hydrogens (tertiary/aromatic N) is 3. The summed E-state index contributed by atoms with van der Waals surface area (Å²) in [5, 5.41) is 11.2. The standard InChI is InChI=1S/C17H12BrN3O5S/c1-26-15(22)9-20-13-7-6-10(18)8-14(13)27-17(20)19-16(23)11-4-2-3-5-12(11)21(24)25/h2-8H,9H2,1H3. The second kappa shape index (κ2) is 7.80. The summed E-state index contributed by atoms with van der Waals surface area (Å²) < 4.78 is 7.88. The van der Waals surface area contributed by atoms with Gasteiger partial charge in [0.15, 0.2) is 4.80 Å². The summed E-state index contributed by atoms with van der Waals surface area (Å²) in [4.78, 5) is 39.2. The maximum atomic E-state index is 12.6. The smallest absolute Gasteiger partial charge is 0.325 e. The van der Waals surface area contributed by atoms with Gasteiger partial charge in [-0.2, -0.15) is 4.99 Å². The number of carbonyl (C=O) groups excluding carboxylic acids is 2. The van der Waals surface area contributed by atoms with Crippen molar-refractivity contribution in [3.63, 3.8) is 0 Å². The predicted molar refractivity (Wildman–Crippen MR) is 103 cm³/mol. The van der Waals surface area contributed by atoms with Crippen molar-refractivity contribution >= 4 is 55.0 Å². The zero-order valence-electron chi connectivity index (χ0n) is 13.9. The lowest BCUT2D eigenvalue weighted by Crippen LogP contribution is -2.22. The highest BCUT2D eigenvalue weighted by molar-refractivity contribution is 9.10. The number of hydrogen-bond donors (Lipinski definition) is 0. The number of carbonyl (C=O) groups is 2. The number of ether oxygens (including phenoxy) is 1. The van der Waals surface area contributed by atoms with E-state index in [1.165, 1.54) is 42.7 Å². The van der Waals surface area contributed by atoms with E-state index in [9.17, 15) is 19.7 Å². The van der Waals surface area contributed by atoms with Crippen LogP contribution in [0.15, 0.2) is 51.9 Å². The lowest BCUT2D eigenvalue weighted by molar-refractivity contribution is -0.385. The second-order valence-electron chi connectivity index (χ2n) is 5.35. The normalized spacial score (nSPS) is 11.6. The van der Waals surface area contributed by atoms with E-state index in [1.54, 1.807) is 16.7 Å². The first-order chi connectivity index (χ1) is 12.9. The number of thiazole rings is 1. The third-order valence-corrected chi connectivity index (χ3v) is 5.22. The summed E-state index contributed by atoms with van der Waals surface area (Å²) >= 11 is 4.57. The predicted octanol–water partition coefficient (Wildman–Crippen LogP) is 3.29. The van der Waals surface area contributed by atoms with Gasteiger partial charge in [0.25, 0.3) is 11.6 Å². The lowest BCUT2D eigenvalue weighted by atomic mass is 10.2. The minimum Gasteiger partial charge on any atom is -0.468 e. The van der Waals surface area contributed by atoms with Gasteiger partial charge in [-0.15, -0.1) is 0 Å². The number of nitro benzene ring substituents is 1. The molecule has 2 aromatic carbocycles. The molecule has 3 rings (SSSR count). The Bertz CT molecular complexity index is 1140. The molecule has 27 heavy (non-hydrogen) atoms. The highest BCUT2D eigenvalue weighted by Crippen LogP contribution is 2.23. The van der Waals surface area contributed by atoms with E-state index in [-0.39, 0.29) is 22.6 Å². The molecule has 1 aromatic heterocycles. The third-order valence-electron chi connectivity index (χ3n) is 3.69. The number of rotatable bonds is 4. The molecule has 0 aliphatic rings. The van der Waals surface area contributed by atoms with Gasteiger partial charge in [0, 0.05) is 10.5 Å². The fourth-order valence-electron chi connectivity index (χ4n) is 2.44. The molecule has 1 heterocycles. The van der Waals surface area contributed by atoms with Crippen molar-refractivity contribution in [3.8, 4) is 0 Å². The van der Waals surface area contributed by atoms with E-state index in [0.717, 1.165) is 9.17 Å². The van der Waals surface area contributed by atoms with Crippen molar-refractivity contribution in [1.82, 2.24) is 4.57 Å². The van der Waals surface area contributed by atoms with Crippen LogP contribution < -0.4 is 4.80 Å². The summed E-state index contributed by atoms with van der Waals surface area (Å²) in [6, 6.07) is 11.0. The monoisotopic (exact) mass is 449 g/mol. The van der Waals surface area contributed by atoms with Crippen molar-refractivity contribution < 1.29 is 19.2 Å². The quantitative estimate of drug-likeness (QED) is 0.345. The zero-order chi connectivity index (χ0) is 19.6. The van der Waals surface area contributed by atoms with Gasteiger partial charge in [0.05, 0.1) is 22.2 Å². The van der Waals surface area contributed by atoms with Crippen molar-refractivity contribution in [3.05, 3.63) is 67.4 Å². The van der Waals surface area contributed by atoms with Gasteiger partial charge in [0.1, 0.15) is 12.1 Å². The van der Waals surface area contributed by atoms with Crippen molar-refractivity contribution in [1.29, 1.82) is 0 Å². The Morgan fingerprint density at radius 3 is 2.74 bits per heavy atom. The van der Waals surface area contributed by atoms with Crippen LogP contribution in [0.25, 0.3) is 10.2 Å². The molecule has 0 saturated heterocycles. The molecule has 0 atom stereocenters. The van der Waals surface area contributed by atoms with Gasteiger partial charge in [-0.25, -0.2) is 0 Å². The minimum atomic E-state index is -0.758. The summed E-state index contributed by atoms with van der Waals surface area (Å²) in [5.41, 5.74) is 0.253. The van der Waals surface area contributed by atoms with Crippen molar-refractivity contribution in [2.24, 2.45) is 4.99 Å². The summed E-state index contributed by atoms with van der Waals surface area (Å²) in [6.45, 7) is -0.138. The molecule has 0 fully saturated rings. The minimum absolute atomic E-state index is 0.120. The lowest BCUT2D eigenvalue weighted by Gasteiger charge is -2.03. The largest absolute Gasteiger partial charge is 0.468 e. The highest BCUT2D eigenvalue weighted by Gasteiger charge is 2.19. The van der Waals surface area contributed by atoms with Gasteiger partial charge < -0.3 is 9.30 Å². The Kier molecular flexibility index (Phi) is 5.47. The van der Waals surface area contributed by atoms with Crippen LogP contribution in [0, 0.1) is 10.1 Å². The van der Waals surface area contributed by atoms with Crippen LogP contribution in [0.1, 0.15) is 10.4 Å². The molecule has 0 aliphatic heterocycles. The molecule has 8 nitrogen and oxygen atoms in total. The molecule has 0 aliphatic carbocycles. The molecule has 138 valence electrons. The molecule has 1 amide bonds. The van der Waals surface area contributed by atoms with E-state index >= 15 is 0 Å². The first-order valence-corrected chi connectivity index (χ1v) is 9.20. The average molecular weight is 450 g/mol. The van der Waals surface area contributed by atoms with Gasteiger partial charge in [-0.3, -0.25) is 19.7 Å². The molecule has 0 N–H and O–H groups in total. The van der Waals surface area contributed by atoms with E-state index in [0.29, 0.717) is 5.52 Å². The van der Waals surface area contributed by atoms with Crippen LogP contribution in [0.4, 0.5) is 5.69 Å². The first kappa shape index (κ1) is 18.9. The number of para-hydroxylation sites is 1. The van der Waals surface area contributed by atoms with Gasteiger partial charge >= 0.3 is 5.97 Å². The number of amides is 1. The number of esters is 1. The number of aromatic nitrogens is 1. The van der Waals surface area contributed by atoms with Crippen LogP contribution >= 0.6 is 27.3 Å². The summed E-state index contributed by atoms with van der Waals surface area (Å²) in [5.74, 6) is -1.26. The molecule has 10 heteroatoms. The number of nitro groups is 1. The van der Waals surface area contributed by atoms with Crippen molar-refractivity contribution in [2.75, 3.05) is 7.11 Å². The number of halogens is 1. The maximum Gasteiger partial charge on any atom is 0.325 e. The van der Waals surface area contributed by atoms with Crippen LogP contribution in [0.5, 0.6) is 0 Å². The fraction of sp³-hybridized carbons (Fsp3) is 0.118. The Balaban J connectivity index is 2.18. The first-order valence-electron chi connectivity index (χ1n) is 7.59. The summed E-state index contributed by atoms with van der Waals surface area (Å²) in [6.07, 6.45) is 0. The molecule has 0 saturated carbocycles. The molecular weight excluding hydrogens is 438 g/mol. The molecule has 0 spiro atoms. The average Bonchev–Trinajstić information content (AvgIpc) is 2.97. The fourth-order valence-corrected chi connectivity index (χ4v) is 4.02. The molecule has 3 aromatic rings. The van der Waals surface area contributed by atoms with Gasteiger partial charge in [0.2, 0.25) is 0 Å². The number of fused-ring (bicyclic) bond motifs is 1.